The number of nitrogens with one attached hydrogen (secondary N) is 1. The molecule has 132 valence electrons. The number of carbonyl (C=O) groups excluding carboxylic acids is 1. The summed E-state index contributed by atoms with van der Waals surface area (Å²) in [5.74, 6) is -0.127. The van der Waals surface area contributed by atoms with Gasteiger partial charge in [-0.2, -0.15) is 0 Å². The lowest BCUT2D eigenvalue weighted by Gasteiger charge is -2.05. The zero-order chi connectivity index (χ0) is 17.7. The summed E-state index contributed by atoms with van der Waals surface area (Å²) >= 11 is 0. The van der Waals surface area contributed by atoms with Crippen LogP contribution in [0, 0.1) is 0 Å². The number of hydrogen-bond donors (Lipinski definition) is 1. The van der Waals surface area contributed by atoms with Crippen molar-refractivity contribution < 1.29 is 14.3 Å². The van der Waals surface area contributed by atoms with Gasteiger partial charge in [-0.25, -0.2) is 14.6 Å². The van der Waals surface area contributed by atoms with Crippen LogP contribution in [0.3, 0.4) is 0 Å². The highest BCUT2D eigenvalue weighted by Crippen LogP contribution is 2.11. The van der Waals surface area contributed by atoms with E-state index in [-0.39, 0.29) is 18.7 Å². The van der Waals surface area contributed by atoms with Crippen molar-refractivity contribution >= 4 is 17.1 Å². The summed E-state index contributed by atoms with van der Waals surface area (Å²) in [6.45, 7) is 4.43. The number of nitrogens with zero attached hydrogens (tertiary/aromatic N) is 3. The molecule has 0 unspecified atom stereocenters. The summed E-state index contributed by atoms with van der Waals surface area (Å²) in [7, 11) is 1.64. The zero-order valence-electron chi connectivity index (χ0n) is 14.1. The molecule has 0 bridgehead atoms. The first-order chi connectivity index (χ1) is 11.5. The van der Waals surface area contributed by atoms with Crippen molar-refractivity contribution in [1.82, 2.24) is 19.1 Å². The molecule has 0 atom stereocenters. The Labute approximate surface area is 138 Å². The minimum absolute atomic E-state index is 0.0987. The average molecular weight is 338 g/mol. The highest BCUT2D eigenvalue weighted by atomic mass is 16.6. The lowest BCUT2D eigenvalue weighted by Crippen LogP contribution is -2.31. The number of imidazole rings is 1. The molecule has 2 rings (SSSR count). The number of hydrogen-bond acceptors (Lipinski definition) is 6. The summed E-state index contributed by atoms with van der Waals surface area (Å²) in [6.07, 6.45) is 1.69. The van der Waals surface area contributed by atoms with E-state index in [1.807, 2.05) is 6.92 Å². The molecule has 24 heavy (non-hydrogen) atoms. The van der Waals surface area contributed by atoms with Gasteiger partial charge in [-0.15, -0.1) is 0 Å². The number of fused-ring (bicyclic) bond motifs is 1. The molecular formula is C15H22N4O5. The second kappa shape index (κ2) is 7.91. The Morgan fingerprint density at radius 3 is 2.71 bits per heavy atom. The predicted molar refractivity (Wildman–Crippen MR) is 86.8 cm³/mol. The highest BCUT2D eigenvalue weighted by Gasteiger charge is 2.17. The van der Waals surface area contributed by atoms with E-state index in [1.54, 1.807) is 14.0 Å². The molecule has 0 aliphatic heterocycles. The van der Waals surface area contributed by atoms with Crippen LogP contribution in [0.25, 0.3) is 11.2 Å². The van der Waals surface area contributed by atoms with Crippen LogP contribution < -0.4 is 11.2 Å². The van der Waals surface area contributed by atoms with Crippen molar-refractivity contribution in [2.45, 2.75) is 39.8 Å². The highest BCUT2D eigenvalue weighted by molar-refractivity contribution is 5.72. The average Bonchev–Trinajstić information content (AvgIpc) is 2.88. The molecule has 2 aromatic rings. The summed E-state index contributed by atoms with van der Waals surface area (Å²) in [5.41, 5.74) is -0.416. The molecule has 0 radical (unpaired) electrons. The van der Waals surface area contributed by atoms with E-state index in [2.05, 4.69) is 9.97 Å². The summed E-state index contributed by atoms with van der Waals surface area (Å²) in [6, 6.07) is 0. The van der Waals surface area contributed by atoms with E-state index in [1.165, 1.54) is 9.13 Å². The normalized spacial score (nSPS) is 11.1. The molecule has 0 amide bonds. The van der Waals surface area contributed by atoms with Gasteiger partial charge in [-0.05, 0) is 13.3 Å². The van der Waals surface area contributed by atoms with Gasteiger partial charge >= 0.3 is 11.7 Å². The molecule has 9 heteroatoms. The van der Waals surface area contributed by atoms with Gasteiger partial charge < -0.3 is 14.0 Å². The third-order valence-electron chi connectivity index (χ3n) is 3.63. The lowest BCUT2D eigenvalue weighted by molar-refractivity contribution is -0.150. The Hall–Kier alpha value is -2.42. The van der Waals surface area contributed by atoms with Crippen molar-refractivity contribution in [2.75, 3.05) is 13.2 Å². The first kappa shape index (κ1) is 17.9. The minimum atomic E-state index is -0.513. The van der Waals surface area contributed by atoms with Crippen LogP contribution in [-0.2, 0) is 34.5 Å². The fourth-order valence-electron chi connectivity index (χ4n) is 2.32. The van der Waals surface area contributed by atoms with Gasteiger partial charge in [0.1, 0.15) is 19.0 Å². The second-order valence-electron chi connectivity index (χ2n) is 5.32. The third kappa shape index (κ3) is 3.73. The van der Waals surface area contributed by atoms with Crippen molar-refractivity contribution in [2.24, 2.45) is 7.05 Å². The van der Waals surface area contributed by atoms with Crippen LogP contribution in [0.1, 0.15) is 32.5 Å². The number of rotatable bonds is 8. The number of aromatic nitrogens is 4. The van der Waals surface area contributed by atoms with E-state index in [4.69, 9.17) is 9.47 Å². The van der Waals surface area contributed by atoms with Gasteiger partial charge in [0.25, 0.3) is 5.56 Å². The number of esters is 1. The number of carbonyl (C=O) groups is 1. The van der Waals surface area contributed by atoms with Crippen molar-refractivity contribution in [3.63, 3.8) is 0 Å². The largest absolute Gasteiger partial charge is 0.456 e. The zero-order valence-corrected chi connectivity index (χ0v) is 14.1. The summed E-state index contributed by atoms with van der Waals surface area (Å²) < 4.78 is 13.0. The second-order valence-corrected chi connectivity index (χ2v) is 5.32. The molecule has 0 spiro atoms. The molecular weight excluding hydrogens is 316 g/mol. The van der Waals surface area contributed by atoms with E-state index in [0.29, 0.717) is 24.6 Å². The monoisotopic (exact) mass is 338 g/mol. The Bertz CT molecular complexity index is 833. The van der Waals surface area contributed by atoms with Crippen molar-refractivity contribution in [3.05, 3.63) is 26.7 Å². The molecule has 1 N–H and O–H groups in total. The van der Waals surface area contributed by atoms with Gasteiger partial charge in [0.15, 0.2) is 11.2 Å². The van der Waals surface area contributed by atoms with E-state index in [9.17, 15) is 14.4 Å². The number of aromatic amines is 1. The van der Waals surface area contributed by atoms with Gasteiger partial charge in [0.2, 0.25) is 0 Å². The van der Waals surface area contributed by atoms with Gasteiger partial charge in [-0.3, -0.25) is 14.3 Å². The Morgan fingerprint density at radius 1 is 1.29 bits per heavy atom. The molecule has 9 nitrogen and oxygen atoms in total. The predicted octanol–water partition coefficient (Wildman–Crippen LogP) is 0.303. The van der Waals surface area contributed by atoms with Crippen LogP contribution in [-0.4, -0.2) is 38.3 Å². The first-order valence-electron chi connectivity index (χ1n) is 7.91. The molecule has 0 fully saturated rings. The summed E-state index contributed by atoms with van der Waals surface area (Å²) in [4.78, 5) is 42.3. The van der Waals surface area contributed by atoms with Crippen LogP contribution >= 0.6 is 0 Å². The number of aryl methyl sites for hydroxylation is 2. The maximum absolute atomic E-state index is 12.1. The molecule has 0 aromatic carbocycles. The molecule has 0 aliphatic carbocycles. The van der Waals surface area contributed by atoms with Crippen LogP contribution in [0.15, 0.2) is 9.59 Å². The fourth-order valence-corrected chi connectivity index (χ4v) is 2.32. The lowest BCUT2D eigenvalue weighted by atomic mass is 10.3. The standard InChI is InChI=1S/C15H22N4O5/c1-4-6-7-19-13-12(14(21)17-15(19)22)18(3)10(16-13)8-24-11(20)9-23-5-2/h4-9H2,1-3H3,(H,17,21,22). The maximum Gasteiger partial charge on any atom is 0.332 e. The van der Waals surface area contributed by atoms with Crippen molar-refractivity contribution in [3.8, 4) is 0 Å². The molecule has 2 aromatic heterocycles. The van der Waals surface area contributed by atoms with E-state index < -0.39 is 17.2 Å². The topological polar surface area (TPSA) is 108 Å². The molecule has 2 heterocycles. The van der Waals surface area contributed by atoms with Gasteiger partial charge in [0.05, 0.1) is 0 Å². The SMILES string of the molecule is CCCCn1c(=O)[nH]c(=O)c2c1nc(COC(=O)COCC)n2C. The van der Waals surface area contributed by atoms with Crippen molar-refractivity contribution in [1.29, 1.82) is 0 Å². The Kier molecular flexibility index (Phi) is 5.91. The van der Waals surface area contributed by atoms with Crippen LogP contribution in [0.5, 0.6) is 0 Å². The number of ether oxygens (including phenoxy) is 2. The van der Waals surface area contributed by atoms with Gasteiger partial charge in [-0.1, -0.05) is 13.3 Å². The Morgan fingerprint density at radius 2 is 2.04 bits per heavy atom. The molecule has 0 saturated heterocycles. The molecule has 0 saturated carbocycles. The summed E-state index contributed by atoms with van der Waals surface area (Å²) in [5, 5.41) is 0. The minimum Gasteiger partial charge on any atom is -0.456 e. The van der Waals surface area contributed by atoms with E-state index >= 15 is 0 Å². The maximum atomic E-state index is 12.1. The van der Waals surface area contributed by atoms with Crippen LogP contribution in [0.4, 0.5) is 0 Å². The third-order valence-corrected chi connectivity index (χ3v) is 3.63. The Balaban J connectivity index is 2.34. The first-order valence-corrected chi connectivity index (χ1v) is 7.91. The fraction of sp³-hybridized carbons (Fsp3) is 0.600. The smallest absolute Gasteiger partial charge is 0.332 e. The quantitative estimate of drug-likeness (QED) is 0.694. The molecule has 0 aliphatic rings. The van der Waals surface area contributed by atoms with E-state index in [0.717, 1.165) is 12.8 Å². The number of H-pyrrole nitrogens is 1. The van der Waals surface area contributed by atoms with Crippen LogP contribution in [0.2, 0.25) is 0 Å². The number of unbranched alkanes of at least 4 members (excludes halogenated alkanes) is 1. The van der Waals surface area contributed by atoms with Gasteiger partial charge in [0, 0.05) is 20.2 Å².